The van der Waals surface area contributed by atoms with E-state index in [1.165, 1.54) is 28.8 Å². The molecule has 0 bridgehead atoms. The summed E-state index contributed by atoms with van der Waals surface area (Å²) in [5, 5.41) is 1.13. The van der Waals surface area contributed by atoms with Gasteiger partial charge in [0.05, 0.1) is 35.0 Å². The number of rotatable bonds is 4. The lowest BCUT2D eigenvalue weighted by Crippen LogP contribution is -2.45. The summed E-state index contributed by atoms with van der Waals surface area (Å²) in [5.41, 5.74) is 5.43. The molecule has 0 saturated carbocycles. The Kier molecular flexibility index (Phi) is 5.34. The highest BCUT2D eigenvalue weighted by atomic mass is 32.1. The van der Waals surface area contributed by atoms with Gasteiger partial charge < -0.3 is 14.5 Å². The van der Waals surface area contributed by atoms with E-state index in [0.717, 1.165) is 54.1 Å². The average molecular weight is 461 g/mol. The van der Waals surface area contributed by atoms with E-state index in [1.807, 2.05) is 6.20 Å². The molecule has 0 N–H and O–H groups in total. The lowest BCUT2D eigenvalue weighted by molar-refractivity contribution is -0.00546. The van der Waals surface area contributed by atoms with Gasteiger partial charge in [0.15, 0.2) is 5.13 Å². The molecule has 0 spiro atoms. The molecule has 2 aromatic heterocycles. The number of benzene rings is 1. The molecule has 33 heavy (non-hydrogen) atoms. The van der Waals surface area contributed by atoms with E-state index in [2.05, 4.69) is 57.9 Å². The second-order valence-electron chi connectivity index (χ2n) is 9.16. The van der Waals surface area contributed by atoms with Gasteiger partial charge in [-0.15, -0.1) is 0 Å². The third kappa shape index (κ3) is 4.02. The van der Waals surface area contributed by atoms with Gasteiger partial charge >= 0.3 is 0 Å². The smallest absolute Gasteiger partial charge is 0.185 e. The number of thiazole rings is 1. The molecule has 0 radical (unpaired) electrons. The highest BCUT2D eigenvalue weighted by Crippen LogP contribution is 2.35. The summed E-state index contributed by atoms with van der Waals surface area (Å²) in [5.74, 6) is 0.937. The lowest BCUT2D eigenvalue weighted by atomic mass is 10.00. The fraction of sp³-hybridized carbons (Fsp3) is 0.440. The second-order valence-corrected chi connectivity index (χ2v) is 10.2. The van der Waals surface area contributed by atoms with Crippen molar-refractivity contribution in [1.29, 1.82) is 0 Å². The molecule has 2 saturated heterocycles. The molecular weight excluding hydrogens is 432 g/mol. The molecule has 5 heterocycles. The summed E-state index contributed by atoms with van der Waals surface area (Å²) in [7, 11) is 0. The first-order chi connectivity index (χ1) is 16.1. The number of fused-ring (bicyclic) bond motifs is 1. The summed E-state index contributed by atoms with van der Waals surface area (Å²) in [4.78, 5) is 24.6. The predicted molar refractivity (Wildman–Crippen MR) is 133 cm³/mol. The topological polar surface area (TPSA) is 66.7 Å². The van der Waals surface area contributed by atoms with Crippen molar-refractivity contribution in [1.82, 2.24) is 15.0 Å². The van der Waals surface area contributed by atoms with Crippen LogP contribution in [-0.2, 0) is 11.3 Å². The van der Waals surface area contributed by atoms with Crippen molar-refractivity contribution in [3.8, 4) is 10.4 Å². The van der Waals surface area contributed by atoms with Gasteiger partial charge in [0, 0.05) is 44.0 Å². The van der Waals surface area contributed by atoms with Crippen molar-refractivity contribution >= 4 is 28.0 Å². The Morgan fingerprint density at radius 2 is 1.79 bits per heavy atom. The minimum Gasteiger partial charge on any atom is -0.372 e. The van der Waals surface area contributed by atoms with Crippen molar-refractivity contribution < 1.29 is 4.74 Å². The molecule has 0 unspecified atom stereocenters. The number of nitrogens with zero attached hydrogens (tertiary/aromatic N) is 6. The molecule has 7 nitrogen and oxygen atoms in total. The van der Waals surface area contributed by atoms with Gasteiger partial charge in [-0.05, 0) is 43.9 Å². The van der Waals surface area contributed by atoms with E-state index in [-0.39, 0.29) is 12.2 Å². The fourth-order valence-corrected chi connectivity index (χ4v) is 5.99. The summed E-state index contributed by atoms with van der Waals surface area (Å²) < 4.78 is 5.89. The van der Waals surface area contributed by atoms with E-state index >= 15 is 0 Å². The zero-order valence-electron chi connectivity index (χ0n) is 19.1. The van der Waals surface area contributed by atoms with Crippen LogP contribution in [0, 0.1) is 0 Å². The van der Waals surface area contributed by atoms with Gasteiger partial charge in [0.1, 0.15) is 12.1 Å². The molecule has 8 heteroatoms. The maximum absolute atomic E-state index is 5.89. The highest BCUT2D eigenvalue weighted by molar-refractivity contribution is 7.18. The van der Waals surface area contributed by atoms with Crippen molar-refractivity contribution in [3.63, 3.8) is 0 Å². The molecule has 6 rings (SSSR count). The Morgan fingerprint density at radius 3 is 2.61 bits per heavy atom. The molecule has 3 aliphatic heterocycles. The Hall–Kier alpha value is -2.84. The van der Waals surface area contributed by atoms with Crippen molar-refractivity contribution in [2.24, 2.45) is 4.99 Å². The standard InChI is InChI=1S/C25H28N6OS/c1-16-13-31(14-17(2)32-16)23-10-21(28-15-29-23)24-20-9-18(5-6-19(20)11-26-24)22-12-27-25(33-22)30-7-3-4-8-30/h5-6,9-10,12,15-17H,3-4,7-8,11,13-14H2,1-2H3/t16-,17+. The number of ether oxygens (including phenoxy) is 1. The quantitative estimate of drug-likeness (QED) is 0.582. The van der Waals surface area contributed by atoms with Gasteiger partial charge in [-0.25, -0.2) is 15.0 Å². The van der Waals surface area contributed by atoms with Crippen LogP contribution < -0.4 is 9.80 Å². The molecule has 1 aromatic carbocycles. The Balaban J connectivity index is 1.29. The molecule has 3 aromatic rings. The fourth-order valence-electron chi connectivity index (χ4n) is 5.02. The molecule has 2 fully saturated rings. The molecule has 170 valence electrons. The Morgan fingerprint density at radius 1 is 0.970 bits per heavy atom. The summed E-state index contributed by atoms with van der Waals surface area (Å²) >= 11 is 1.78. The van der Waals surface area contributed by atoms with E-state index in [9.17, 15) is 0 Å². The zero-order valence-corrected chi connectivity index (χ0v) is 19.9. The minimum absolute atomic E-state index is 0.184. The average Bonchev–Trinajstić information content (AvgIpc) is 3.58. The van der Waals surface area contributed by atoms with Crippen LogP contribution in [0.5, 0.6) is 0 Å². The van der Waals surface area contributed by atoms with E-state index < -0.39 is 0 Å². The van der Waals surface area contributed by atoms with E-state index in [0.29, 0.717) is 6.54 Å². The summed E-state index contributed by atoms with van der Waals surface area (Å²) in [6.45, 7) is 8.81. The van der Waals surface area contributed by atoms with E-state index in [1.54, 1.807) is 17.7 Å². The second kappa shape index (κ2) is 8.50. The van der Waals surface area contributed by atoms with Gasteiger partial charge in [-0.1, -0.05) is 23.5 Å². The minimum atomic E-state index is 0.184. The molecule has 2 atom stereocenters. The first-order valence-corrected chi connectivity index (χ1v) is 12.6. The maximum atomic E-state index is 5.89. The van der Waals surface area contributed by atoms with Crippen LogP contribution in [0.4, 0.5) is 10.9 Å². The molecular formula is C25H28N6OS. The Bertz CT molecular complexity index is 1190. The first kappa shape index (κ1) is 20.7. The van der Waals surface area contributed by atoms with Crippen molar-refractivity contribution in [3.05, 3.63) is 53.6 Å². The summed E-state index contributed by atoms with van der Waals surface area (Å²) in [6, 6.07) is 8.72. The lowest BCUT2D eigenvalue weighted by Gasteiger charge is -2.36. The van der Waals surface area contributed by atoms with Gasteiger partial charge in [0.25, 0.3) is 0 Å². The predicted octanol–water partition coefficient (Wildman–Crippen LogP) is 4.16. The number of hydrogen-bond donors (Lipinski definition) is 0. The van der Waals surface area contributed by atoms with Crippen LogP contribution in [0.1, 0.15) is 43.5 Å². The third-order valence-corrected chi connectivity index (χ3v) is 7.67. The third-order valence-electron chi connectivity index (χ3n) is 6.57. The van der Waals surface area contributed by atoms with E-state index in [4.69, 9.17) is 14.7 Å². The van der Waals surface area contributed by atoms with Crippen LogP contribution in [0.2, 0.25) is 0 Å². The molecule has 3 aliphatic rings. The van der Waals surface area contributed by atoms with Crippen molar-refractivity contribution in [2.75, 3.05) is 36.0 Å². The van der Waals surface area contributed by atoms with Crippen LogP contribution >= 0.6 is 11.3 Å². The number of anilines is 2. The van der Waals surface area contributed by atoms with Crippen LogP contribution in [0.3, 0.4) is 0 Å². The zero-order chi connectivity index (χ0) is 22.4. The van der Waals surface area contributed by atoms with Crippen LogP contribution in [-0.4, -0.2) is 59.1 Å². The SMILES string of the molecule is C[C@@H]1CN(c2cc(C3=NCc4ccc(-c5cnc(N6CCCC6)s5)cc43)ncn2)C[C@H](C)O1. The maximum Gasteiger partial charge on any atom is 0.185 e. The number of aliphatic imine (C=N–C) groups is 1. The normalized spacial score (nSPS) is 22.5. The van der Waals surface area contributed by atoms with Crippen LogP contribution in [0.25, 0.3) is 10.4 Å². The van der Waals surface area contributed by atoms with Gasteiger partial charge in [-0.2, -0.15) is 0 Å². The first-order valence-electron chi connectivity index (χ1n) is 11.8. The van der Waals surface area contributed by atoms with Gasteiger partial charge in [-0.3, -0.25) is 4.99 Å². The van der Waals surface area contributed by atoms with Crippen LogP contribution in [0.15, 0.2) is 41.8 Å². The highest BCUT2D eigenvalue weighted by Gasteiger charge is 2.25. The molecule has 0 aliphatic carbocycles. The Labute approximate surface area is 198 Å². The number of hydrogen-bond acceptors (Lipinski definition) is 8. The van der Waals surface area contributed by atoms with Crippen molar-refractivity contribution in [2.45, 2.75) is 45.4 Å². The molecule has 0 amide bonds. The number of aromatic nitrogens is 3. The van der Waals surface area contributed by atoms with Gasteiger partial charge in [0.2, 0.25) is 0 Å². The summed E-state index contributed by atoms with van der Waals surface area (Å²) in [6.07, 6.45) is 6.56. The largest absolute Gasteiger partial charge is 0.372 e. The monoisotopic (exact) mass is 460 g/mol. The number of morpholine rings is 1.